The Kier molecular flexibility index (Phi) is 5.65. The van der Waals surface area contributed by atoms with Crippen molar-refractivity contribution in [3.05, 3.63) is 0 Å². The summed E-state index contributed by atoms with van der Waals surface area (Å²) in [6.45, 7) is 2.35. The molecule has 0 aromatic carbocycles. The number of halogens is 2. The summed E-state index contributed by atoms with van der Waals surface area (Å²) >= 11 is 11.7. The van der Waals surface area contributed by atoms with E-state index >= 15 is 0 Å². The van der Waals surface area contributed by atoms with E-state index in [1.54, 1.807) is 0 Å². The Morgan fingerprint density at radius 1 is 1.22 bits per heavy atom. The van der Waals surface area contributed by atoms with Crippen molar-refractivity contribution in [1.82, 2.24) is 0 Å². The van der Waals surface area contributed by atoms with Gasteiger partial charge in [0.1, 0.15) is 5.38 Å². The van der Waals surface area contributed by atoms with Gasteiger partial charge in [0.25, 0.3) is 0 Å². The average Bonchev–Trinajstić information content (AvgIpc) is 2.27. The number of alkyl halides is 2. The smallest absolute Gasteiger partial charge is 0.303 e. The molecule has 0 aromatic rings. The summed E-state index contributed by atoms with van der Waals surface area (Å²) in [5.41, 5.74) is 0. The van der Waals surface area contributed by atoms with Gasteiger partial charge in [0.2, 0.25) is 0 Å². The highest BCUT2D eigenvalue weighted by Gasteiger charge is 2.48. The summed E-state index contributed by atoms with van der Waals surface area (Å²) in [7, 11) is 0. The zero-order chi connectivity index (χ0) is 13.9. The summed E-state index contributed by atoms with van der Waals surface area (Å²) in [4.78, 5) is 22.0. The third-order valence-electron chi connectivity index (χ3n) is 2.34. The van der Waals surface area contributed by atoms with Crippen LogP contribution in [0.4, 0.5) is 0 Å². The van der Waals surface area contributed by atoms with Crippen molar-refractivity contribution < 1.29 is 28.9 Å². The molecule has 1 aliphatic heterocycles. The highest BCUT2D eigenvalue weighted by atomic mass is 35.5. The lowest BCUT2D eigenvalue weighted by molar-refractivity contribution is -0.253. The molecule has 1 heterocycles. The van der Waals surface area contributed by atoms with Crippen molar-refractivity contribution in [1.29, 1.82) is 0 Å². The minimum Gasteiger partial charge on any atom is -0.457 e. The van der Waals surface area contributed by atoms with Crippen molar-refractivity contribution in [3.63, 3.8) is 0 Å². The van der Waals surface area contributed by atoms with Crippen molar-refractivity contribution >= 4 is 35.1 Å². The van der Waals surface area contributed by atoms with E-state index in [9.17, 15) is 14.7 Å². The first-order valence-electron chi connectivity index (χ1n) is 5.24. The Morgan fingerprint density at radius 3 is 2.17 bits per heavy atom. The van der Waals surface area contributed by atoms with Gasteiger partial charge in [0.15, 0.2) is 18.5 Å². The molecule has 0 amide bonds. The second kappa shape index (κ2) is 6.56. The first-order chi connectivity index (χ1) is 8.36. The fourth-order valence-electron chi connectivity index (χ4n) is 1.65. The van der Waals surface area contributed by atoms with Crippen LogP contribution in [-0.4, -0.2) is 52.9 Å². The molecule has 1 N–H and O–H groups in total. The Balaban J connectivity index is 2.89. The number of carbonyl (C=O) groups is 2. The molecule has 8 heteroatoms. The molecule has 1 fully saturated rings. The van der Waals surface area contributed by atoms with Gasteiger partial charge >= 0.3 is 11.9 Å². The van der Waals surface area contributed by atoms with E-state index in [0.717, 1.165) is 6.92 Å². The molecule has 6 nitrogen and oxygen atoms in total. The summed E-state index contributed by atoms with van der Waals surface area (Å²) in [6, 6.07) is 0. The molecule has 0 unspecified atom stereocenters. The minimum atomic E-state index is -1.45. The van der Waals surface area contributed by atoms with Gasteiger partial charge in [0, 0.05) is 13.8 Å². The molecule has 0 radical (unpaired) electrons. The van der Waals surface area contributed by atoms with E-state index in [0.29, 0.717) is 0 Å². The van der Waals surface area contributed by atoms with Crippen LogP contribution in [0.1, 0.15) is 13.8 Å². The maximum Gasteiger partial charge on any atom is 0.303 e. The zero-order valence-corrected chi connectivity index (χ0v) is 11.4. The highest BCUT2D eigenvalue weighted by Crippen LogP contribution is 2.29. The van der Waals surface area contributed by atoms with Crippen LogP contribution in [0.15, 0.2) is 0 Å². The Labute approximate surface area is 114 Å². The van der Waals surface area contributed by atoms with Crippen LogP contribution in [0.3, 0.4) is 0 Å². The second-order valence-electron chi connectivity index (χ2n) is 3.81. The van der Waals surface area contributed by atoms with Crippen LogP contribution in [0.25, 0.3) is 0 Å². The monoisotopic (exact) mass is 300 g/mol. The number of ether oxygens (including phenoxy) is 3. The largest absolute Gasteiger partial charge is 0.457 e. The lowest BCUT2D eigenvalue weighted by Crippen LogP contribution is -2.58. The fraction of sp³-hybridized carbons (Fsp3) is 0.800. The lowest BCUT2D eigenvalue weighted by Gasteiger charge is -2.40. The van der Waals surface area contributed by atoms with E-state index in [1.807, 2.05) is 0 Å². The molecule has 1 rings (SSSR count). The number of hydrogen-bond acceptors (Lipinski definition) is 6. The van der Waals surface area contributed by atoms with Gasteiger partial charge in [-0.1, -0.05) is 0 Å². The quantitative estimate of drug-likeness (QED) is 0.601. The molecule has 0 aromatic heterocycles. The third-order valence-corrected chi connectivity index (χ3v) is 3.18. The summed E-state index contributed by atoms with van der Waals surface area (Å²) < 4.78 is 14.9. The fourth-order valence-corrected chi connectivity index (χ4v) is 2.35. The van der Waals surface area contributed by atoms with E-state index in [1.165, 1.54) is 6.92 Å². The van der Waals surface area contributed by atoms with Crippen LogP contribution in [0.2, 0.25) is 0 Å². The Hall–Kier alpha value is -0.560. The van der Waals surface area contributed by atoms with Gasteiger partial charge in [-0.2, -0.15) is 0 Å². The molecule has 104 valence electrons. The SMILES string of the molecule is CC(=O)O[C@@H]1[C@@H](OC(C)=O)[C@H](Cl)[C@@H](CCl)O[C@@H]1O. The van der Waals surface area contributed by atoms with Crippen LogP contribution < -0.4 is 0 Å². The van der Waals surface area contributed by atoms with Crippen molar-refractivity contribution in [2.45, 2.75) is 43.8 Å². The molecule has 0 spiro atoms. The molecular weight excluding hydrogens is 287 g/mol. The van der Waals surface area contributed by atoms with Gasteiger partial charge in [-0.05, 0) is 0 Å². The predicted octanol–water partition coefficient (Wildman–Crippen LogP) is 0.413. The lowest BCUT2D eigenvalue weighted by atomic mass is 10.0. The molecule has 1 aliphatic rings. The van der Waals surface area contributed by atoms with Gasteiger partial charge < -0.3 is 19.3 Å². The standard InChI is InChI=1S/C10H14Cl2O6/c1-4(13)16-8-7(12)6(3-11)18-10(15)9(8)17-5(2)14/h6-10,15H,3H2,1-2H3/t6-,7-,8+,9-,10+/m1/s1. The van der Waals surface area contributed by atoms with E-state index < -0.39 is 41.9 Å². The maximum absolute atomic E-state index is 11.0. The van der Waals surface area contributed by atoms with Crippen molar-refractivity contribution in [2.24, 2.45) is 0 Å². The summed E-state index contributed by atoms with van der Waals surface area (Å²) in [5.74, 6) is -1.24. The molecule has 0 saturated carbocycles. The molecule has 0 bridgehead atoms. The average molecular weight is 301 g/mol. The molecule has 1 saturated heterocycles. The number of hydrogen-bond donors (Lipinski definition) is 1. The third kappa shape index (κ3) is 3.71. The highest BCUT2D eigenvalue weighted by molar-refractivity contribution is 6.23. The number of rotatable bonds is 3. The molecular formula is C10H14Cl2O6. The predicted molar refractivity (Wildman–Crippen MR) is 62.3 cm³/mol. The molecule has 18 heavy (non-hydrogen) atoms. The normalized spacial score (nSPS) is 35.9. The first-order valence-corrected chi connectivity index (χ1v) is 6.22. The topological polar surface area (TPSA) is 82.1 Å². The van der Waals surface area contributed by atoms with Gasteiger partial charge in [-0.3, -0.25) is 9.59 Å². The minimum absolute atomic E-state index is 0.00971. The van der Waals surface area contributed by atoms with Gasteiger partial charge in [-0.15, -0.1) is 23.2 Å². The van der Waals surface area contributed by atoms with Crippen LogP contribution in [0, 0.1) is 0 Å². The molecule has 5 atom stereocenters. The number of esters is 2. The maximum atomic E-state index is 11.0. The van der Waals surface area contributed by atoms with E-state index in [4.69, 9.17) is 37.4 Å². The van der Waals surface area contributed by atoms with Crippen LogP contribution >= 0.6 is 23.2 Å². The van der Waals surface area contributed by atoms with Crippen LogP contribution in [-0.2, 0) is 23.8 Å². The zero-order valence-electron chi connectivity index (χ0n) is 9.84. The summed E-state index contributed by atoms with van der Waals surface area (Å²) in [6.07, 6.45) is -4.34. The Bertz CT molecular complexity index is 323. The molecule has 0 aliphatic carbocycles. The van der Waals surface area contributed by atoms with Gasteiger partial charge in [0.05, 0.1) is 12.0 Å². The summed E-state index contributed by atoms with van der Waals surface area (Å²) in [5, 5.41) is 8.89. The Morgan fingerprint density at radius 2 is 1.72 bits per heavy atom. The first kappa shape index (κ1) is 15.5. The van der Waals surface area contributed by atoms with Crippen LogP contribution in [0.5, 0.6) is 0 Å². The van der Waals surface area contributed by atoms with E-state index in [2.05, 4.69) is 0 Å². The van der Waals surface area contributed by atoms with E-state index in [-0.39, 0.29) is 5.88 Å². The van der Waals surface area contributed by atoms with Gasteiger partial charge in [-0.25, -0.2) is 0 Å². The number of aliphatic hydroxyl groups is 1. The number of aliphatic hydroxyl groups excluding tert-OH is 1. The van der Waals surface area contributed by atoms with Crippen molar-refractivity contribution in [2.75, 3.05) is 5.88 Å². The van der Waals surface area contributed by atoms with Crippen molar-refractivity contribution in [3.8, 4) is 0 Å². The number of carbonyl (C=O) groups excluding carboxylic acids is 2. The second-order valence-corrected chi connectivity index (χ2v) is 4.62.